The van der Waals surface area contributed by atoms with Crippen molar-refractivity contribution in [1.29, 1.82) is 0 Å². The topological polar surface area (TPSA) is 88.6 Å². The van der Waals surface area contributed by atoms with Gasteiger partial charge in [-0.15, -0.1) is 0 Å². The minimum atomic E-state index is -3.74. The number of sulfonamides is 1. The molecule has 1 saturated heterocycles. The summed E-state index contributed by atoms with van der Waals surface area (Å²) in [5.41, 5.74) is 0.0417. The summed E-state index contributed by atoms with van der Waals surface area (Å²) in [6, 6.07) is 2.76. The lowest BCUT2D eigenvalue weighted by atomic mass is 10.2. The van der Waals surface area contributed by atoms with Crippen LogP contribution in [0.3, 0.4) is 0 Å². The molecule has 0 bridgehead atoms. The Bertz CT molecular complexity index is 731. The average molecular weight is 376 g/mol. The number of carbonyl (C=O) groups is 1. The predicted molar refractivity (Wildman–Crippen MR) is 90.5 cm³/mol. The molecule has 7 nitrogen and oxygen atoms in total. The lowest BCUT2D eigenvalue weighted by Crippen LogP contribution is -2.41. The highest BCUT2D eigenvalue weighted by atomic mass is 35.5. The smallest absolute Gasteiger partial charge is 0.407 e. The first-order chi connectivity index (χ1) is 11.0. The molecule has 0 radical (unpaired) electrons. The minimum Gasteiger partial charge on any atom is -0.444 e. The van der Waals surface area contributed by atoms with Gasteiger partial charge in [0.05, 0.1) is 0 Å². The molecule has 24 heavy (non-hydrogen) atoms. The fourth-order valence-electron chi connectivity index (χ4n) is 2.38. The molecule has 0 spiro atoms. The van der Waals surface area contributed by atoms with Crippen molar-refractivity contribution < 1.29 is 17.9 Å². The molecular formula is C15H22ClN3O4S. The number of hydrogen-bond acceptors (Lipinski definition) is 5. The number of nitrogens with one attached hydrogen (secondary N) is 1. The van der Waals surface area contributed by atoms with E-state index in [0.29, 0.717) is 18.7 Å². The molecule has 2 heterocycles. The summed E-state index contributed by atoms with van der Waals surface area (Å²) in [4.78, 5) is 15.8. The van der Waals surface area contributed by atoms with Crippen molar-refractivity contribution in [3.05, 3.63) is 23.0 Å². The Balaban J connectivity index is 2.05. The van der Waals surface area contributed by atoms with Crippen molar-refractivity contribution in [3.8, 4) is 0 Å². The van der Waals surface area contributed by atoms with Gasteiger partial charge < -0.3 is 10.1 Å². The number of amides is 1. The van der Waals surface area contributed by atoms with Crippen LogP contribution in [0.1, 0.15) is 32.9 Å². The zero-order valence-corrected chi connectivity index (χ0v) is 15.7. The molecule has 0 aromatic carbocycles. The third-order valence-electron chi connectivity index (χ3n) is 3.44. The highest BCUT2D eigenvalue weighted by Gasteiger charge is 2.35. The largest absolute Gasteiger partial charge is 0.444 e. The quantitative estimate of drug-likeness (QED) is 0.819. The van der Waals surface area contributed by atoms with E-state index < -0.39 is 21.7 Å². The van der Waals surface area contributed by atoms with E-state index in [1.54, 1.807) is 33.8 Å². The van der Waals surface area contributed by atoms with Gasteiger partial charge in [0.2, 0.25) is 10.0 Å². The zero-order valence-electron chi connectivity index (χ0n) is 14.2. The van der Waals surface area contributed by atoms with Gasteiger partial charge in [0.15, 0.2) is 0 Å². The highest BCUT2D eigenvalue weighted by molar-refractivity contribution is 7.89. The van der Waals surface area contributed by atoms with Crippen LogP contribution in [-0.2, 0) is 14.8 Å². The van der Waals surface area contributed by atoms with Crippen molar-refractivity contribution in [1.82, 2.24) is 14.6 Å². The molecule has 1 aromatic rings. The van der Waals surface area contributed by atoms with E-state index in [0.717, 1.165) is 0 Å². The van der Waals surface area contributed by atoms with Gasteiger partial charge in [-0.25, -0.2) is 18.2 Å². The monoisotopic (exact) mass is 375 g/mol. The molecular weight excluding hydrogens is 354 g/mol. The molecule has 1 N–H and O–H groups in total. The molecule has 2 rings (SSSR count). The van der Waals surface area contributed by atoms with Crippen LogP contribution in [0.4, 0.5) is 4.79 Å². The Kier molecular flexibility index (Phi) is 5.41. The van der Waals surface area contributed by atoms with Crippen LogP contribution in [0.5, 0.6) is 0 Å². The first-order valence-electron chi connectivity index (χ1n) is 7.62. The van der Waals surface area contributed by atoms with Crippen molar-refractivity contribution >= 4 is 27.7 Å². The number of nitrogens with zero attached hydrogens (tertiary/aromatic N) is 2. The molecule has 1 atom stereocenters. The van der Waals surface area contributed by atoms with Gasteiger partial charge in [-0.1, -0.05) is 11.6 Å². The number of aromatic nitrogens is 1. The van der Waals surface area contributed by atoms with E-state index >= 15 is 0 Å². The maximum atomic E-state index is 12.7. The summed E-state index contributed by atoms with van der Waals surface area (Å²) in [6.45, 7) is 7.51. The van der Waals surface area contributed by atoms with E-state index in [2.05, 4.69) is 10.3 Å². The summed E-state index contributed by atoms with van der Waals surface area (Å²) in [7, 11) is -3.74. The number of hydrogen-bond donors (Lipinski definition) is 1. The van der Waals surface area contributed by atoms with E-state index in [4.69, 9.17) is 16.3 Å². The highest BCUT2D eigenvalue weighted by Crippen LogP contribution is 2.26. The number of rotatable bonds is 3. The average Bonchev–Trinajstić information content (AvgIpc) is 2.84. The normalized spacial score (nSPS) is 19.3. The molecule has 1 aliphatic rings. The van der Waals surface area contributed by atoms with Crippen molar-refractivity contribution in [2.45, 2.75) is 50.7 Å². The Hall–Kier alpha value is -1.38. The first-order valence-corrected chi connectivity index (χ1v) is 9.43. The van der Waals surface area contributed by atoms with E-state index in [9.17, 15) is 13.2 Å². The fourth-order valence-corrected chi connectivity index (χ4v) is 4.37. The second kappa shape index (κ2) is 6.85. The molecule has 9 heteroatoms. The van der Waals surface area contributed by atoms with Gasteiger partial charge in [0.1, 0.15) is 15.6 Å². The molecule has 1 aliphatic heterocycles. The number of aryl methyl sites for hydroxylation is 1. The second-order valence-corrected chi connectivity index (χ2v) is 9.00. The van der Waals surface area contributed by atoms with Crippen LogP contribution in [0.25, 0.3) is 0 Å². The summed E-state index contributed by atoms with van der Waals surface area (Å²) in [5, 5.41) is 2.65. The van der Waals surface area contributed by atoms with Crippen LogP contribution in [0.2, 0.25) is 5.15 Å². The van der Waals surface area contributed by atoms with E-state index in [1.807, 2.05) is 0 Å². The van der Waals surface area contributed by atoms with Crippen LogP contribution in [-0.4, -0.2) is 48.5 Å². The maximum Gasteiger partial charge on any atom is 0.407 e. The number of pyridine rings is 1. The lowest BCUT2D eigenvalue weighted by Gasteiger charge is -2.22. The lowest BCUT2D eigenvalue weighted by molar-refractivity contribution is 0.0507. The third kappa shape index (κ3) is 4.58. The van der Waals surface area contributed by atoms with Gasteiger partial charge in [-0.2, -0.15) is 4.31 Å². The molecule has 1 amide bonds. The molecule has 1 aromatic heterocycles. The van der Waals surface area contributed by atoms with E-state index in [1.165, 1.54) is 10.4 Å². The maximum absolute atomic E-state index is 12.7. The second-order valence-electron chi connectivity index (χ2n) is 6.74. The SMILES string of the molecule is Cc1ccc(S(=O)(=O)N2CCC(NC(=O)OC(C)(C)C)C2)c(Cl)n1. The summed E-state index contributed by atoms with van der Waals surface area (Å²) in [6.07, 6.45) is -0.0446. The van der Waals surface area contributed by atoms with Crippen LogP contribution in [0.15, 0.2) is 17.0 Å². The standard InChI is InChI=1S/C15H22ClN3O4S/c1-10-5-6-12(13(16)17-10)24(21,22)19-8-7-11(9-19)18-14(20)23-15(2,3)4/h5-6,11H,7-9H2,1-4H3,(H,18,20). The molecule has 134 valence electrons. The molecule has 0 aliphatic carbocycles. The first kappa shape index (κ1) is 19.0. The summed E-state index contributed by atoms with van der Waals surface area (Å²) in [5.74, 6) is 0. The van der Waals surface area contributed by atoms with Crippen molar-refractivity contribution in [3.63, 3.8) is 0 Å². The van der Waals surface area contributed by atoms with Crippen molar-refractivity contribution in [2.24, 2.45) is 0 Å². The Labute approximate surface area is 147 Å². The summed E-state index contributed by atoms with van der Waals surface area (Å²) >= 11 is 5.98. The number of carbonyl (C=O) groups excluding carboxylic acids is 1. The third-order valence-corrected chi connectivity index (χ3v) is 5.74. The van der Waals surface area contributed by atoms with Crippen LogP contribution in [0, 0.1) is 6.92 Å². The molecule has 1 unspecified atom stereocenters. The Morgan fingerprint density at radius 1 is 1.42 bits per heavy atom. The Morgan fingerprint density at radius 2 is 2.08 bits per heavy atom. The Morgan fingerprint density at radius 3 is 2.67 bits per heavy atom. The van der Waals surface area contributed by atoms with Crippen LogP contribution >= 0.6 is 11.6 Å². The van der Waals surface area contributed by atoms with Gasteiger partial charge in [0, 0.05) is 24.8 Å². The van der Waals surface area contributed by atoms with Crippen LogP contribution < -0.4 is 5.32 Å². The molecule has 0 saturated carbocycles. The minimum absolute atomic E-state index is 0.0207. The zero-order chi connectivity index (χ0) is 18.1. The van der Waals surface area contributed by atoms with Gasteiger partial charge in [0.25, 0.3) is 0 Å². The number of halogens is 1. The fraction of sp³-hybridized carbons (Fsp3) is 0.600. The predicted octanol–water partition coefficient (Wildman–Crippen LogP) is 2.33. The van der Waals surface area contributed by atoms with E-state index in [-0.39, 0.29) is 22.6 Å². The van der Waals surface area contributed by atoms with Gasteiger partial charge in [-0.3, -0.25) is 0 Å². The van der Waals surface area contributed by atoms with Gasteiger partial charge >= 0.3 is 6.09 Å². The van der Waals surface area contributed by atoms with Crippen molar-refractivity contribution in [2.75, 3.05) is 13.1 Å². The molecule has 1 fully saturated rings. The number of ether oxygens (including phenoxy) is 1. The number of alkyl carbamates (subject to hydrolysis) is 1. The summed E-state index contributed by atoms with van der Waals surface area (Å²) < 4.78 is 31.9. The van der Waals surface area contributed by atoms with Gasteiger partial charge in [-0.05, 0) is 46.2 Å².